The molecule has 1 aliphatic rings. The van der Waals surface area contributed by atoms with Gasteiger partial charge in [-0.15, -0.1) is 0 Å². The molecule has 1 N–H and O–H groups in total. The fraction of sp³-hybridized carbons (Fsp3) is 0.286. The highest BCUT2D eigenvalue weighted by molar-refractivity contribution is 6.33. The predicted molar refractivity (Wildman–Crippen MR) is 104 cm³/mol. The highest BCUT2D eigenvalue weighted by atomic mass is 35.5. The first-order valence-electron chi connectivity index (χ1n) is 9.13. The second kappa shape index (κ2) is 8.03. The van der Waals surface area contributed by atoms with Crippen LogP contribution in [0, 0.1) is 0 Å². The highest BCUT2D eigenvalue weighted by Crippen LogP contribution is 2.29. The molecule has 5 nitrogen and oxygen atoms in total. The average molecular weight is 385 g/mol. The Balaban J connectivity index is 1.45. The molecule has 6 heteroatoms. The maximum absolute atomic E-state index is 12.6. The summed E-state index contributed by atoms with van der Waals surface area (Å²) in [4.78, 5) is 14.9. The molecule has 1 amide bonds. The molecule has 0 spiro atoms. The Morgan fingerprint density at radius 1 is 1.11 bits per heavy atom. The summed E-state index contributed by atoms with van der Waals surface area (Å²) in [6.07, 6.45) is 4.01. The SMILES string of the molecule is O=C(NC[C@@H](c1ccco1)N1CCCC1)c1ccc(-c2ccccc2Cl)o1. The highest BCUT2D eigenvalue weighted by Gasteiger charge is 2.26. The number of nitrogens with zero attached hydrogens (tertiary/aromatic N) is 1. The quantitative estimate of drug-likeness (QED) is 0.665. The molecule has 0 saturated carbocycles. The van der Waals surface area contributed by atoms with Gasteiger partial charge in [-0.05, 0) is 62.3 Å². The van der Waals surface area contributed by atoms with Crippen molar-refractivity contribution in [2.75, 3.05) is 19.6 Å². The summed E-state index contributed by atoms with van der Waals surface area (Å²) in [5.74, 6) is 1.47. The van der Waals surface area contributed by atoms with Gasteiger partial charge in [-0.2, -0.15) is 0 Å². The van der Waals surface area contributed by atoms with E-state index in [4.69, 9.17) is 20.4 Å². The van der Waals surface area contributed by atoms with Gasteiger partial charge < -0.3 is 14.2 Å². The van der Waals surface area contributed by atoms with Crippen LogP contribution in [0.5, 0.6) is 0 Å². The Kier molecular flexibility index (Phi) is 5.32. The lowest BCUT2D eigenvalue weighted by atomic mass is 10.2. The molecule has 1 fully saturated rings. The van der Waals surface area contributed by atoms with Gasteiger partial charge in [0.15, 0.2) is 5.76 Å². The Morgan fingerprint density at radius 3 is 2.67 bits per heavy atom. The molecule has 2 aromatic heterocycles. The second-order valence-corrected chi connectivity index (χ2v) is 7.04. The van der Waals surface area contributed by atoms with Gasteiger partial charge >= 0.3 is 0 Å². The van der Waals surface area contributed by atoms with Gasteiger partial charge in [0.05, 0.1) is 17.3 Å². The van der Waals surface area contributed by atoms with E-state index in [0.717, 1.165) is 24.4 Å². The van der Waals surface area contributed by atoms with E-state index in [1.54, 1.807) is 24.5 Å². The number of hydrogen-bond acceptors (Lipinski definition) is 4. The zero-order valence-corrected chi connectivity index (χ0v) is 15.6. The summed E-state index contributed by atoms with van der Waals surface area (Å²) < 4.78 is 11.3. The van der Waals surface area contributed by atoms with Gasteiger partial charge in [0.2, 0.25) is 0 Å². The standard InChI is InChI=1S/C21H21ClN2O3/c22-16-7-2-1-6-15(16)18-9-10-20(27-18)21(25)23-14-17(19-8-5-13-26-19)24-11-3-4-12-24/h1-2,5-10,13,17H,3-4,11-12,14H2,(H,23,25)/t17-/m0/s1. The number of furan rings is 2. The van der Waals surface area contributed by atoms with Crippen molar-refractivity contribution in [3.05, 3.63) is 71.3 Å². The maximum Gasteiger partial charge on any atom is 0.287 e. The molecule has 0 unspecified atom stereocenters. The zero-order valence-electron chi connectivity index (χ0n) is 14.9. The number of benzene rings is 1. The maximum atomic E-state index is 12.6. The molecule has 140 valence electrons. The van der Waals surface area contributed by atoms with E-state index in [1.165, 1.54) is 12.8 Å². The molecule has 0 aliphatic carbocycles. The van der Waals surface area contributed by atoms with E-state index in [0.29, 0.717) is 17.3 Å². The minimum absolute atomic E-state index is 0.0319. The third kappa shape index (κ3) is 3.94. The minimum Gasteiger partial charge on any atom is -0.468 e. The van der Waals surface area contributed by atoms with E-state index < -0.39 is 0 Å². The van der Waals surface area contributed by atoms with Gasteiger partial charge in [0, 0.05) is 12.1 Å². The lowest BCUT2D eigenvalue weighted by Crippen LogP contribution is -2.36. The Bertz CT molecular complexity index is 898. The van der Waals surface area contributed by atoms with Crippen molar-refractivity contribution in [2.45, 2.75) is 18.9 Å². The second-order valence-electron chi connectivity index (χ2n) is 6.63. The minimum atomic E-state index is -0.246. The van der Waals surface area contributed by atoms with E-state index in [1.807, 2.05) is 30.3 Å². The molecule has 1 atom stereocenters. The van der Waals surface area contributed by atoms with Gasteiger partial charge in [-0.25, -0.2) is 0 Å². The molecular formula is C21H21ClN2O3. The molecule has 1 aliphatic heterocycles. The van der Waals surface area contributed by atoms with Crippen molar-refractivity contribution in [3.63, 3.8) is 0 Å². The number of halogens is 1. The smallest absolute Gasteiger partial charge is 0.287 e. The van der Waals surface area contributed by atoms with Gasteiger partial charge in [-0.1, -0.05) is 23.7 Å². The molecule has 0 radical (unpaired) electrons. The lowest BCUT2D eigenvalue weighted by Gasteiger charge is -2.25. The van der Waals surface area contributed by atoms with Crippen LogP contribution in [0.3, 0.4) is 0 Å². The van der Waals surface area contributed by atoms with Crippen molar-refractivity contribution in [2.24, 2.45) is 0 Å². The normalized spacial score (nSPS) is 15.7. The van der Waals surface area contributed by atoms with E-state index >= 15 is 0 Å². The monoisotopic (exact) mass is 384 g/mol. The number of amides is 1. The van der Waals surface area contributed by atoms with Crippen molar-refractivity contribution < 1.29 is 13.6 Å². The number of rotatable bonds is 6. The fourth-order valence-electron chi connectivity index (χ4n) is 3.49. The molecule has 3 aromatic rings. The first kappa shape index (κ1) is 17.9. The van der Waals surface area contributed by atoms with Crippen molar-refractivity contribution in [3.8, 4) is 11.3 Å². The van der Waals surface area contributed by atoms with Gasteiger partial charge in [0.25, 0.3) is 5.91 Å². The Morgan fingerprint density at radius 2 is 1.93 bits per heavy atom. The third-order valence-electron chi connectivity index (χ3n) is 4.88. The van der Waals surface area contributed by atoms with E-state index in [2.05, 4.69) is 10.2 Å². The van der Waals surface area contributed by atoms with Gasteiger partial charge in [0.1, 0.15) is 11.5 Å². The van der Waals surface area contributed by atoms with Crippen molar-refractivity contribution in [1.82, 2.24) is 10.2 Å². The first-order chi connectivity index (χ1) is 13.2. The molecule has 1 saturated heterocycles. The summed E-state index contributed by atoms with van der Waals surface area (Å²) in [6.45, 7) is 2.49. The molecule has 4 rings (SSSR count). The van der Waals surface area contributed by atoms with Gasteiger partial charge in [-0.3, -0.25) is 9.69 Å². The van der Waals surface area contributed by atoms with Crippen LogP contribution in [-0.4, -0.2) is 30.4 Å². The first-order valence-corrected chi connectivity index (χ1v) is 9.50. The molecule has 27 heavy (non-hydrogen) atoms. The third-order valence-corrected chi connectivity index (χ3v) is 5.21. The van der Waals surface area contributed by atoms with Crippen molar-refractivity contribution >= 4 is 17.5 Å². The largest absolute Gasteiger partial charge is 0.468 e. The van der Waals surface area contributed by atoms with Crippen LogP contribution < -0.4 is 5.32 Å². The summed E-state index contributed by atoms with van der Waals surface area (Å²) in [5.41, 5.74) is 0.767. The van der Waals surface area contributed by atoms with Crippen LogP contribution >= 0.6 is 11.6 Å². The topological polar surface area (TPSA) is 58.6 Å². The molecule has 0 bridgehead atoms. The van der Waals surface area contributed by atoms with E-state index in [-0.39, 0.29) is 17.7 Å². The molecule has 3 heterocycles. The van der Waals surface area contributed by atoms with Crippen LogP contribution in [0.15, 0.2) is 63.6 Å². The number of carbonyl (C=O) groups excluding carboxylic acids is 1. The van der Waals surface area contributed by atoms with Crippen molar-refractivity contribution in [1.29, 1.82) is 0 Å². The Hall–Kier alpha value is -2.50. The molecule has 1 aromatic carbocycles. The fourth-order valence-corrected chi connectivity index (χ4v) is 3.71. The zero-order chi connectivity index (χ0) is 18.6. The van der Waals surface area contributed by atoms with Crippen LogP contribution in [0.1, 0.15) is 35.2 Å². The lowest BCUT2D eigenvalue weighted by molar-refractivity contribution is 0.0907. The predicted octanol–water partition coefficient (Wildman–Crippen LogP) is 4.76. The van der Waals surface area contributed by atoms with Crippen LogP contribution in [0.2, 0.25) is 5.02 Å². The van der Waals surface area contributed by atoms with Crippen LogP contribution in [-0.2, 0) is 0 Å². The average Bonchev–Trinajstić information content (AvgIpc) is 3.44. The van der Waals surface area contributed by atoms with Crippen LogP contribution in [0.25, 0.3) is 11.3 Å². The number of likely N-dealkylation sites (tertiary alicyclic amines) is 1. The van der Waals surface area contributed by atoms with E-state index in [9.17, 15) is 4.79 Å². The number of carbonyl (C=O) groups is 1. The van der Waals surface area contributed by atoms with Crippen LogP contribution in [0.4, 0.5) is 0 Å². The summed E-state index contributed by atoms with van der Waals surface area (Å²) >= 11 is 6.20. The summed E-state index contributed by atoms with van der Waals surface area (Å²) in [6, 6.07) is 14.7. The summed E-state index contributed by atoms with van der Waals surface area (Å²) in [5, 5.41) is 3.56. The number of nitrogens with one attached hydrogen (secondary N) is 1. The summed E-state index contributed by atoms with van der Waals surface area (Å²) in [7, 11) is 0. The Labute approximate surface area is 162 Å². The molecular weight excluding hydrogens is 364 g/mol. The number of hydrogen-bond donors (Lipinski definition) is 1.